The SMILES string of the molecule is CC.COC(CCCO)c1ccccn1. The number of hydrogen-bond acceptors (Lipinski definition) is 3. The topological polar surface area (TPSA) is 42.4 Å². The average molecular weight is 211 g/mol. The Morgan fingerprint density at radius 2 is 2.13 bits per heavy atom. The van der Waals surface area contributed by atoms with Gasteiger partial charge in [-0.25, -0.2) is 0 Å². The van der Waals surface area contributed by atoms with Gasteiger partial charge in [-0.2, -0.15) is 0 Å². The van der Waals surface area contributed by atoms with E-state index in [1.807, 2.05) is 32.0 Å². The van der Waals surface area contributed by atoms with Crippen molar-refractivity contribution < 1.29 is 9.84 Å². The van der Waals surface area contributed by atoms with Gasteiger partial charge in [0.2, 0.25) is 0 Å². The zero-order chi connectivity index (χ0) is 11.5. The van der Waals surface area contributed by atoms with Gasteiger partial charge < -0.3 is 9.84 Å². The van der Waals surface area contributed by atoms with Crippen LogP contribution in [0.5, 0.6) is 0 Å². The van der Waals surface area contributed by atoms with Gasteiger partial charge in [0, 0.05) is 19.9 Å². The van der Waals surface area contributed by atoms with Gasteiger partial charge in [-0.3, -0.25) is 4.98 Å². The Hall–Kier alpha value is -0.930. The van der Waals surface area contributed by atoms with Crippen LogP contribution in [0.1, 0.15) is 38.5 Å². The highest BCUT2D eigenvalue weighted by molar-refractivity contribution is 5.06. The maximum absolute atomic E-state index is 8.68. The van der Waals surface area contributed by atoms with Crippen LogP contribution in [0.15, 0.2) is 24.4 Å². The molecule has 0 aliphatic carbocycles. The quantitative estimate of drug-likeness (QED) is 0.814. The molecule has 1 aromatic rings. The van der Waals surface area contributed by atoms with Gasteiger partial charge in [-0.1, -0.05) is 19.9 Å². The minimum Gasteiger partial charge on any atom is -0.396 e. The fraction of sp³-hybridized carbons (Fsp3) is 0.583. The second-order valence-electron chi connectivity index (χ2n) is 2.84. The molecule has 0 saturated carbocycles. The molecule has 1 rings (SSSR count). The van der Waals surface area contributed by atoms with E-state index in [4.69, 9.17) is 9.84 Å². The van der Waals surface area contributed by atoms with E-state index >= 15 is 0 Å². The summed E-state index contributed by atoms with van der Waals surface area (Å²) >= 11 is 0. The van der Waals surface area contributed by atoms with Crippen LogP contribution in [0.3, 0.4) is 0 Å². The maximum Gasteiger partial charge on any atom is 0.0991 e. The predicted octanol–water partition coefficient (Wildman–Crippen LogP) is 2.57. The molecule has 3 nitrogen and oxygen atoms in total. The lowest BCUT2D eigenvalue weighted by atomic mass is 10.1. The van der Waals surface area contributed by atoms with E-state index in [0.717, 1.165) is 18.5 Å². The molecule has 0 radical (unpaired) electrons. The molecule has 1 heterocycles. The molecule has 0 fully saturated rings. The monoisotopic (exact) mass is 211 g/mol. The van der Waals surface area contributed by atoms with Crippen molar-refractivity contribution in [3.05, 3.63) is 30.1 Å². The van der Waals surface area contributed by atoms with Gasteiger partial charge in [-0.15, -0.1) is 0 Å². The summed E-state index contributed by atoms with van der Waals surface area (Å²) in [7, 11) is 1.66. The molecule has 0 amide bonds. The second-order valence-corrected chi connectivity index (χ2v) is 2.84. The summed E-state index contributed by atoms with van der Waals surface area (Å²) in [6, 6.07) is 5.75. The Labute approximate surface area is 92.1 Å². The number of aliphatic hydroxyl groups excluding tert-OH is 1. The molecule has 0 aliphatic rings. The number of nitrogens with zero attached hydrogens (tertiary/aromatic N) is 1. The molecular weight excluding hydrogens is 190 g/mol. The third-order valence-electron chi connectivity index (χ3n) is 1.93. The van der Waals surface area contributed by atoms with Crippen LogP contribution in [-0.2, 0) is 4.74 Å². The Kier molecular flexibility index (Phi) is 9.02. The number of pyridine rings is 1. The second kappa shape index (κ2) is 9.62. The molecule has 86 valence electrons. The summed E-state index contributed by atoms with van der Waals surface area (Å²) in [6.07, 6.45) is 3.31. The molecule has 1 aromatic heterocycles. The number of methoxy groups -OCH3 is 1. The Morgan fingerprint density at radius 3 is 2.60 bits per heavy atom. The minimum absolute atomic E-state index is 0.00773. The number of aliphatic hydroxyl groups is 1. The zero-order valence-electron chi connectivity index (χ0n) is 9.81. The molecular formula is C12H21NO2. The summed E-state index contributed by atoms with van der Waals surface area (Å²) < 4.78 is 5.26. The molecule has 15 heavy (non-hydrogen) atoms. The fourth-order valence-corrected chi connectivity index (χ4v) is 1.23. The van der Waals surface area contributed by atoms with Crippen molar-refractivity contribution in [2.45, 2.75) is 32.8 Å². The van der Waals surface area contributed by atoms with Crippen LogP contribution >= 0.6 is 0 Å². The molecule has 0 spiro atoms. The number of hydrogen-bond donors (Lipinski definition) is 1. The average Bonchev–Trinajstić information content (AvgIpc) is 2.34. The Bertz CT molecular complexity index is 226. The van der Waals surface area contributed by atoms with Crippen molar-refractivity contribution in [1.82, 2.24) is 4.98 Å². The van der Waals surface area contributed by atoms with Gasteiger partial charge in [0.15, 0.2) is 0 Å². The standard InChI is InChI=1S/C10H15NO2.C2H6/c1-13-10(6-4-8-12)9-5-2-3-7-11-9;1-2/h2-3,5,7,10,12H,4,6,8H2,1H3;1-2H3. The highest BCUT2D eigenvalue weighted by Gasteiger charge is 2.09. The van der Waals surface area contributed by atoms with E-state index in [2.05, 4.69) is 4.98 Å². The summed E-state index contributed by atoms with van der Waals surface area (Å²) in [4.78, 5) is 4.20. The first kappa shape index (κ1) is 14.1. The lowest BCUT2D eigenvalue weighted by molar-refractivity contribution is 0.0847. The molecule has 1 N–H and O–H groups in total. The smallest absolute Gasteiger partial charge is 0.0991 e. The van der Waals surface area contributed by atoms with Crippen molar-refractivity contribution in [2.24, 2.45) is 0 Å². The fourth-order valence-electron chi connectivity index (χ4n) is 1.23. The molecule has 1 unspecified atom stereocenters. The Morgan fingerprint density at radius 1 is 1.40 bits per heavy atom. The first-order valence-electron chi connectivity index (χ1n) is 5.43. The number of rotatable bonds is 5. The van der Waals surface area contributed by atoms with E-state index in [-0.39, 0.29) is 12.7 Å². The van der Waals surface area contributed by atoms with Crippen LogP contribution in [0.25, 0.3) is 0 Å². The minimum atomic E-state index is 0.00773. The van der Waals surface area contributed by atoms with E-state index in [1.54, 1.807) is 13.3 Å². The van der Waals surface area contributed by atoms with Crippen molar-refractivity contribution in [2.75, 3.05) is 13.7 Å². The Balaban J connectivity index is 0.000000921. The number of ether oxygens (including phenoxy) is 1. The van der Waals surface area contributed by atoms with Crippen LogP contribution in [0, 0.1) is 0 Å². The summed E-state index contributed by atoms with van der Waals surface area (Å²) in [5.41, 5.74) is 0.929. The zero-order valence-corrected chi connectivity index (χ0v) is 9.81. The van der Waals surface area contributed by atoms with E-state index in [1.165, 1.54) is 0 Å². The van der Waals surface area contributed by atoms with Crippen LogP contribution < -0.4 is 0 Å². The van der Waals surface area contributed by atoms with Gasteiger partial charge in [-0.05, 0) is 25.0 Å². The van der Waals surface area contributed by atoms with Crippen LogP contribution in [-0.4, -0.2) is 23.8 Å². The maximum atomic E-state index is 8.68. The first-order chi connectivity index (χ1) is 7.38. The highest BCUT2D eigenvalue weighted by Crippen LogP contribution is 2.18. The van der Waals surface area contributed by atoms with Gasteiger partial charge in [0.25, 0.3) is 0 Å². The van der Waals surface area contributed by atoms with Crippen molar-refractivity contribution in [3.8, 4) is 0 Å². The molecule has 0 aromatic carbocycles. The van der Waals surface area contributed by atoms with Crippen molar-refractivity contribution in [3.63, 3.8) is 0 Å². The largest absolute Gasteiger partial charge is 0.396 e. The normalized spacial score (nSPS) is 11.5. The van der Waals surface area contributed by atoms with E-state index in [9.17, 15) is 0 Å². The predicted molar refractivity (Wildman–Crippen MR) is 61.7 cm³/mol. The molecule has 3 heteroatoms. The van der Waals surface area contributed by atoms with Gasteiger partial charge >= 0.3 is 0 Å². The van der Waals surface area contributed by atoms with Crippen molar-refractivity contribution >= 4 is 0 Å². The summed E-state index contributed by atoms with van der Waals surface area (Å²) in [6.45, 7) is 4.20. The third kappa shape index (κ3) is 5.50. The van der Waals surface area contributed by atoms with Crippen LogP contribution in [0.2, 0.25) is 0 Å². The molecule has 0 aliphatic heterocycles. The lowest BCUT2D eigenvalue weighted by Crippen LogP contribution is -2.04. The van der Waals surface area contributed by atoms with E-state index < -0.39 is 0 Å². The highest BCUT2D eigenvalue weighted by atomic mass is 16.5. The lowest BCUT2D eigenvalue weighted by Gasteiger charge is -2.13. The number of aromatic nitrogens is 1. The molecule has 1 atom stereocenters. The van der Waals surface area contributed by atoms with Gasteiger partial charge in [0.05, 0.1) is 11.8 Å². The molecule has 0 saturated heterocycles. The third-order valence-corrected chi connectivity index (χ3v) is 1.93. The molecule has 0 bridgehead atoms. The van der Waals surface area contributed by atoms with E-state index in [0.29, 0.717) is 0 Å². The van der Waals surface area contributed by atoms with Crippen LogP contribution in [0.4, 0.5) is 0 Å². The van der Waals surface area contributed by atoms with Gasteiger partial charge in [0.1, 0.15) is 0 Å². The summed E-state index contributed by atoms with van der Waals surface area (Å²) in [5.74, 6) is 0. The summed E-state index contributed by atoms with van der Waals surface area (Å²) in [5, 5.41) is 8.68. The first-order valence-corrected chi connectivity index (χ1v) is 5.43. The van der Waals surface area contributed by atoms with Crippen molar-refractivity contribution in [1.29, 1.82) is 0 Å².